The van der Waals surface area contributed by atoms with E-state index in [1.807, 2.05) is 0 Å². The van der Waals surface area contributed by atoms with Crippen molar-refractivity contribution in [3.63, 3.8) is 0 Å². The lowest BCUT2D eigenvalue weighted by atomic mass is 9.71. The second kappa shape index (κ2) is 7.43. The zero-order chi connectivity index (χ0) is 18.5. The molecule has 0 bridgehead atoms. The standard InChI is InChI=1S/C19H31ClN4O3/c20-11-1-2-12-10(7-11)8-16(25)27-17(12)14-3-4-15(26-14)24-6-5-13-18(21)22-9-23-19(13)24/h10-15,17-19,22-23H,1-9,21H2/t10?,11?,12?,13?,14-,15+,17+,18?,19?/m0/s1. The van der Waals surface area contributed by atoms with Crippen molar-refractivity contribution in [2.75, 3.05) is 13.2 Å². The Balaban J connectivity index is 1.26. The topological polar surface area (TPSA) is 88.9 Å². The smallest absolute Gasteiger partial charge is 0.306 e. The summed E-state index contributed by atoms with van der Waals surface area (Å²) in [6, 6.07) is 0. The number of nitrogens with two attached hydrogens (primary N) is 1. The average molecular weight is 399 g/mol. The van der Waals surface area contributed by atoms with Crippen molar-refractivity contribution in [2.24, 2.45) is 23.5 Å². The van der Waals surface area contributed by atoms with Crippen LogP contribution in [0.3, 0.4) is 0 Å². The summed E-state index contributed by atoms with van der Waals surface area (Å²) < 4.78 is 12.3. The molecule has 0 aromatic heterocycles. The highest BCUT2D eigenvalue weighted by molar-refractivity contribution is 6.20. The Morgan fingerprint density at radius 2 is 2.00 bits per heavy atom. The second-order valence-electron chi connectivity index (χ2n) is 8.95. The monoisotopic (exact) mass is 398 g/mol. The Labute approximate surface area is 165 Å². The summed E-state index contributed by atoms with van der Waals surface area (Å²) in [6.45, 7) is 1.73. The highest BCUT2D eigenvalue weighted by Crippen LogP contribution is 2.44. The van der Waals surface area contributed by atoms with E-state index in [0.29, 0.717) is 24.2 Å². The fourth-order valence-corrected chi connectivity index (χ4v) is 6.48. The van der Waals surface area contributed by atoms with E-state index >= 15 is 0 Å². The van der Waals surface area contributed by atoms with Gasteiger partial charge in [0.15, 0.2) is 0 Å². The molecule has 0 radical (unpaired) electrons. The van der Waals surface area contributed by atoms with Crippen LogP contribution in [0, 0.1) is 17.8 Å². The first kappa shape index (κ1) is 18.6. The van der Waals surface area contributed by atoms with Crippen LogP contribution in [-0.2, 0) is 14.3 Å². The van der Waals surface area contributed by atoms with Crippen LogP contribution in [-0.4, -0.2) is 60.2 Å². The van der Waals surface area contributed by atoms with Gasteiger partial charge in [-0.25, -0.2) is 0 Å². The summed E-state index contributed by atoms with van der Waals surface area (Å²) >= 11 is 6.37. The first-order chi connectivity index (χ1) is 13.1. The zero-order valence-electron chi connectivity index (χ0n) is 15.7. The average Bonchev–Trinajstić information content (AvgIpc) is 3.28. The van der Waals surface area contributed by atoms with Gasteiger partial charge in [-0.15, -0.1) is 11.6 Å². The van der Waals surface area contributed by atoms with Crippen molar-refractivity contribution in [3.8, 4) is 0 Å². The Kier molecular flexibility index (Phi) is 5.11. The third-order valence-electron chi connectivity index (χ3n) is 7.46. The van der Waals surface area contributed by atoms with E-state index in [-0.39, 0.29) is 42.1 Å². The number of nitrogens with one attached hydrogen (secondary N) is 2. The maximum absolute atomic E-state index is 12.2. The third kappa shape index (κ3) is 3.40. The van der Waals surface area contributed by atoms with E-state index < -0.39 is 0 Å². The Morgan fingerprint density at radius 1 is 1.11 bits per heavy atom. The van der Waals surface area contributed by atoms with Gasteiger partial charge >= 0.3 is 5.97 Å². The van der Waals surface area contributed by atoms with Gasteiger partial charge in [0.25, 0.3) is 0 Å². The van der Waals surface area contributed by atoms with Crippen molar-refractivity contribution in [1.29, 1.82) is 0 Å². The van der Waals surface area contributed by atoms with Gasteiger partial charge in [0.05, 0.1) is 18.4 Å². The maximum atomic E-state index is 12.2. The summed E-state index contributed by atoms with van der Waals surface area (Å²) in [4.78, 5) is 14.6. The number of halogens is 1. The molecule has 7 nitrogen and oxygen atoms in total. The molecule has 5 fully saturated rings. The molecule has 5 aliphatic rings. The number of fused-ring (bicyclic) bond motifs is 2. The summed E-state index contributed by atoms with van der Waals surface area (Å²) in [5.41, 5.74) is 6.24. The van der Waals surface area contributed by atoms with E-state index in [1.165, 1.54) is 0 Å². The summed E-state index contributed by atoms with van der Waals surface area (Å²) in [5.74, 6) is 1.09. The van der Waals surface area contributed by atoms with Crippen LogP contribution in [0.1, 0.15) is 44.9 Å². The number of hydrogen-bond acceptors (Lipinski definition) is 7. The van der Waals surface area contributed by atoms with Gasteiger partial charge in [-0.2, -0.15) is 0 Å². The fourth-order valence-electron chi connectivity index (χ4n) is 6.12. The molecule has 152 valence electrons. The first-order valence-electron chi connectivity index (χ1n) is 10.6. The minimum atomic E-state index is -0.105. The molecule has 5 rings (SSSR count). The van der Waals surface area contributed by atoms with E-state index in [0.717, 1.165) is 51.7 Å². The summed E-state index contributed by atoms with van der Waals surface area (Å²) in [7, 11) is 0. The second-order valence-corrected chi connectivity index (χ2v) is 9.56. The molecule has 1 saturated carbocycles. The number of ether oxygens (including phenoxy) is 2. The van der Waals surface area contributed by atoms with Crippen LogP contribution in [0.2, 0.25) is 0 Å². The van der Waals surface area contributed by atoms with Crippen molar-refractivity contribution < 1.29 is 14.3 Å². The molecule has 6 unspecified atom stereocenters. The molecular formula is C19H31ClN4O3. The molecular weight excluding hydrogens is 368 g/mol. The van der Waals surface area contributed by atoms with Gasteiger partial charge in [0.1, 0.15) is 12.3 Å². The predicted octanol–water partition coefficient (Wildman–Crippen LogP) is 0.914. The lowest BCUT2D eigenvalue weighted by molar-refractivity contribution is -0.185. The Morgan fingerprint density at radius 3 is 2.89 bits per heavy atom. The molecule has 1 aliphatic carbocycles. The molecule has 9 atom stereocenters. The number of alkyl halides is 1. The number of hydrogen-bond donors (Lipinski definition) is 3. The van der Waals surface area contributed by atoms with E-state index in [9.17, 15) is 4.79 Å². The van der Waals surface area contributed by atoms with Crippen LogP contribution in [0.25, 0.3) is 0 Å². The minimum absolute atomic E-state index is 0.00747. The van der Waals surface area contributed by atoms with Crippen LogP contribution < -0.4 is 16.4 Å². The molecule has 4 N–H and O–H groups in total. The molecule has 0 spiro atoms. The number of nitrogens with zero attached hydrogens (tertiary/aromatic N) is 1. The van der Waals surface area contributed by atoms with Gasteiger partial charge in [-0.05, 0) is 44.4 Å². The molecule has 0 amide bonds. The maximum Gasteiger partial charge on any atom is 0.306 e. The van der Waals surface area contributed by atoms with Gasteiger partial charge in [0, 0.05) is 36.8 Å². The van der Waals surface area contributed by atoms with Crippen LogP contribution in [0.5, 0.6) is 0 Å². The number of carbonyl (C=O) groups excluding carboxylic acids is 1. The summed E-state index contributed by atoms with van der Waals surface area (Å²) in [6.07, 6.45) is 6.83. The SMILES string of the molecule is NC1NCNC2C1CCN2[C@H]1CC[C@@H]([C@@H]2OC(=O)CC3CC(Cl)CCC32)O1. The number of likely N-dealkylation sites (tertiary alicyclic amines) is 1. The third-order valence-corrected chi connectivity index (χ3v) is 7.85. The predicted molar refractivity (Wildman–Crippen MR) is 101 cm³/mol. The van der Waals surface area contributed by atoms with E-state index in [1.54, 1.807) is 0 Å². The quantitative estimate of drug-likeness (QED) is 0.470. The van der Waals surface area contributed by atoms with Crippen LogP contribution in [0.15, 0.2) is 0 Å². The summed E-state index contributed by atoms with van der Waals surface area (Å²) in [5, 5.41) is 7.04. The molecule has 8 heteroatoms. The van der Waals surface area contributed by atoms with Crippen molar-refractivity contribution >= 4 is 17.6 Å². The number of cyclic esters (lactones) is 1. The molecule has 4 aliphatic heterocycles. The Hall–Kier alpha value is -0.440. The zero-order valence-corrected chi connectivity index (χ0v) is 16.4. The molecule has 0 aromatic carbocycles. The van der Waals surface area contributed by atoms with Gasteiger partial charge in [-0.1, -0.05) is 0 Å². The highest BCUT2D eigenvalue weighted by atomic mass is 35.5. The van der Waals surface area contributed by atoms with Crippen LogP contribution in [0.4, 0.5) is 0 Å². The number of carbonyl (C=O) groups is 1. The molecule has 0 aromatic rings. The van der Waals surface area contributed by atoms with E-state index in [2.05, 4.69) is 15.5 Å². The lowest BCUT2D eigenvalue weighted by Crippen LogP contribution is -2.63. The van der Waals surface area contributed by atoms with E-state index in [4.69, 9.17) is 26.8 Å². The molecule has 4 saturated heterocycles. The molecule has 4 heterocycles. The van der Waals surface area contributed by atoms with Crippen molar-refractivity contribution in [2.45, 2.75) is 81.1 Å². The highest BCUT2D eigenvalue weighted by Gasteiger charge is 2.50. The van der Waals surface area contributed by atoms with Crippen molar-refractivity contribution in [1.82, 2.24) is 15.5 Å². The number of rotatable bonds is 2. The Bertz CT molecular complexity index is 581. The minimum Gasteiger partial charge on any atom is -0.459 e. The van der Waals surface area contributed by atoms with Gasteiger partial charge < -0.3 is 15.2 Å². The largest absolute Gasteiger partial charge is 0.459 e. The van der Waals surface area contributed by atoms with Crippen LogP contribution >= 0.6 is 11.6 Å². The lowest BCUT2D eigenvalue weighted by Gasteiger charge is -2.44. The van der Waals surface area contributed by atoms with Gasteiger partial charge in [0.2, 0.25) is 0 Å². The first-order valence-corrected chi connectivity index (χ1v) is 11.0. The van der Waals surface area contributed by atoms with Crippen molar-refractivity contribution in [3.05, 3.63) is 0 Å². The molecule has 27 heavy (non-hydrogen) atoms. The number of esters is 1. The van der Waals surface area contributed by atoms with Gasteiger partial charge in [-0.3, -0.25) is 20.3 Å². The normalized spacial score (nSPS) is 50.9. The fraction of sp³-hybridized carbons (Fsp3) is 0.947.